The second-order valence-electron chi connectivity index (χ2n) is 5.56. The summed E-state index contributed by atoms with van der Waals surface area (Å²) in [5.74, 6) is 1.61. The first-order valence-corrected chi connectivity index (χ1v) is 8.20. The predicted molar refractivity (Wildman–Crippen MR) is 103 cm³/mol. The van der Waals surface area contributed by atoms with E-state index in [1.807, 2.05) is 24.3 Å². The number of hydrogen-bond acceptors (Lipinski definition) is 6. The van der Waals surface area contributed by atoms with E-state index in [0.29, 0.717) is 11.5 Å². The first kappa shape index (κ1) is 18.3. The summed E-state index contributed by atoms with van der Waals surface area (Å²) in [6.07, 6.45) is 5.05. The molecule has 0 aromatic heterocycles. The molecule has 2 aromatic rings. The topological polar surface area (TPSA) is 66.3 Å². The zero-order chi connectivity index (χ0) is 19.2. The van der Waals surface area contributed by atoms with E-state index in [9.17, 15) is 4.79 Å². The Morgan fingerprint density at radius 3 is 2.37 bits per heavy atom. The molecule has 3 rings (SSSR count). The molecular weight excluding hydrogens is 346 g/mol. The third kappa shape index (κ3) is 4.17. The van der Waals surface area contributed by atoms with Crippen LogP contribution in [0, 0.1) is 0 Å². The molecular formula is C21H19NO5. The van der Waals surface area contributed by atoms with Crippen molar-refractivity contribution in [3.8, 4) is 17.2 Å². The number of cyclic esters (lactones) is 1. The molecule has 0 atom stereocenters. The number of methoxy groups -OCH3 is 3. The van der Waals surface area contributed by atoms with E-state index >= 15 is 0 Å². The third-order valence-electron chi connectivity index (χ3n) is 3.89. The van der Waals surface area contributed by atoms with Crippen LogP contribution in [-0.4, -0.2) is 33.2 Å². The molecule has 2 aromatic carbocycles. The van der Waals surface area contributed by atoms with Gasteiger partial charge in [0.05, 0.1) is 21.3 Å². The minimum absolute atomic E-state index is 0.210. The molecule has 0 unspecified atom stereocenters. The highest BCUT2D eigenvalue weighted by Gasteiger charge is 2.21. The van der Waals surface area contributed by atoms with E-state index < -0.39 is 5.97 Å². The second-order valence-corrected chi connectivity index (χ2v) is 5.56. The lowest BCUT2D eigenvalue weighted by Crippen LogP contribution is -2.01. The van der Waals surface area contributed by atoms with Crippen LogP contribution in [0.4, 0.5) is 0 Å². The van der Waals surface area contributed by atoms with Gasteiger partial charge in [0.2, 0.25) is 5.90 Å². The SMILES string of the molecule is COc1ccccc1/C=C/C1=NC(=C\c2ccc(OC)c(OC)c2)/C(=O)O1. The van der Waals surface area contributed by atoms with Gasteiger partial charge in [0.25, 0.3) is 0 Å². The molecule has 27 heavy (non-hydrogen) atoms. The predicted octanol–water partition coefficient (Wildman–Crippen LogP) is 3.72. The van der Waals surface area contributed by atoms with Crippen molar-refractivity contribution in [3.63, 3.8) is 0 Å². The van der Waals surface area contributed by atoms with Gasteiger partial charge in [-0.15, -0.1) is 0 Å². The molecule has 6 heteroatoms. The van der Waals surface area contributed by atoms with Gasteiger partial charge in [-0.1, -0.05) is 24.3 Å². The number of carbonyl (C=O) groups is 1. The van der Waals surface area contributed by atoms with Crippen LogP contribution in [0.1, 0.15) is 11.1 Å². The number of rotatable bonds is 6. The molecule has 0 bridgehead atoms. The molecule has 138 valence electrons. The molecule has 1 aliphatic rings. The van der Waals surface area contributed by atoms with E-state index in [1.54, 1.807) is 57.8 Å². The number of carbonyl (C=O) groups excluding carboxylic acids is 1. The lowest BCUT2D eigenvalue weighted by molar-refractivity contribution is -0.129. The number of nitrogens with zero attached hydrogens (tertiary/aromatic N) is 1. The molecule has 6 nitrogen and oxygen atoms in total. The Labute approximate surface area is 157 Å². The fraction of sp³-hybridized carbons (Fsp3) is 0.143. The van der Waals surface area contributed by atoms with Crippen LogP contribution in [0.15, 0.2) is 59.2 Å². The summed E-state index contributed by atoms with van der Waals surface area (Å²) in [5, 5.41) is 0. The van der Waals surface area contributed by atoms with Gasteiger partial charge in [0.1, 0.15) is 5.75 Å². The Bertz CT molecular complexity index is 943. The van der Waals surface area contributed by atoms with Crippen LogP contribution in [0.25, 0.3) is 12.2 Å². The van der Waals surface area contributed by atoms with Gasteiger partial charge < -0.3 is 18.9 Å². The minimum atomic E-state index is -0.510. The van der Waals surface area contributed by atoms with Crippen molar-refractivity contribution in [3.05, 3.63) is 65.4 Å². The van der Waals surface area contributed by atoms with Crippen molar-refractivity contribution in [1.82, 2.24) is 0 Å². The van der Waals surface area contributed by atoms with Crippen LogP contribution in [0.5, 0.6) is 17.2 Å². The highest BCUT2D eigenvalue weighted by Crippen LogP contribution is 2.29. The van der Waals surface area contributed by atoms with E-state index in [0.717, 1.165) is 16.9 Å². The lowest BCUT2D eigenvalue weighted by atomic mass is 10.1. The molecule has 0 aliphatic carbocycles. The summed E-state index contributed by atoms with van der Waals surface area (Å²) in [5.41, 5.74) is 1.82. The Hall–Kier alpha value is -3.54. The molecule has 1 heterocycles. The van der Waals surface area contributed by atoms with Gasteiger partial charge in [0.15, 0.2) is 17.2 Å². The molecule has 0 saturated carbocycles. The number of ether oxygens (including phenoxy) is 4. The quantitative estimate of drug-likeness (QED) is 0.577. The van der Waals surface area contributed by atoms with Crippen LogP contribution in [0.3, 0.4) is 0 Å². The molecule has 0 amide bonds. The van der Waals surface area contributed by atoms with Crippen molar-refractivity contribution < 1.29 is 23.7 Å². The third-order valence-corrected chi connectivity index (χ3v) is 3.89. The van der Waals surface area contributed by atoms with Crippen molar-refractivity contribution in [2.45, 2.75) is 0 Å². The lowest BCUT2D eigenvalue weighted by Gasteiger charge is -2.07. The fourth-order valence-electron chi connectivity index (χ4n) is 2.56. The summed E-state index contributed by atoms with van der Waals surface area (Å²) in [7, 11) is 4.72. The van der Waals surface area contributed by atoms with Gasteiger partial charge in [-0.2, -0.15) is 0 Å². The molecule has 1 aliphatic heterocycles. The van der Waals surface area contributed by atoms with Crippen molar-refractivity contribution in [2.75, 3.05) is 21.3 Å². The maximum absolute atomic E-state index is 12.1. The summed E-state index contributed by atoms with van der Waals surface area (Å²) < 4.78 is 21.0. The van der Waals surface area contributed by atoms with Crippen LogP contribution >= 0.6 is 0 Å². The van der Waals surface area contributed by atoms with Crippen molar-refractivity contribution >= 4 is 24.0 Å². The first-order chi connectivity index (χ1) is 13.1. The number of para-hydroxylation sites is 1. The van der Waals surface area contributed by atoms with Gasteiger partial charge in [-0.3, -0.25) is 0 Å². The smallest absolute Gasteiger partial charge is 0.363 e. The van der Waals surface area contributed by atoms with Crippen LogP contribution in [-0.2, 0) is 9.53 Å². The molecule has 0 saturated heterocycles. The van der Waals surface area contributed by atoms with Crippen LogP contribution in [0.2, 0.25) is 0 Å². The molecule has 0 N–H and O–H groups in total. The average Bonchev–Trinajstić information content (AvgIpc) is 3.05. The Balaban J connectivity index is 1.84. The van der Waals surface area contributed by atoms with Crippen molar-refractivity contribution in [1.29, 1.82) is 0 Å². The average molecular weight is 365 g/mol. The Kier molecular flexibility index (Phi) is 5.56. The zero-order valence-electron chi connectivity index (χ0n) is 15.3. The van der Waals surface area contributed by atoms with E-state index in [-0.39, 0.29) is 11.6 Å². The summed E-state index contributed by atoms with van der Waals surface area (Å²) >= 11 is 0. The normalized spacial score (nSPS) is 15.0. The number of benzene rings is 2. The number of esters is 1. The largest absolute Gasteiger partial charge is 0.496 e. The van der Waals surface area contributed by atoms with Gasteiger partial charge in [0, 0.05) is 11.6 Å². The minimum Gasteiger partial charge on any atom is -0.496 e. The van der Waals surface area contributed by atoms with E-state index in [4.69, 9.17) is 18.9 Å². The summed E-state index contributed by atoms with van der Waals surface area (Å²) in [6.45, 7) is 0. The second kappa shape index (κ2) is 8.23. The first-order valence-electron chi connectivity index (χ1n) is 8.20. The maximum atomic E-state index is 12.1. The zero-order valence-corrected chi connectivity index (χ0v) is 15.3. The monoisotopic (exact) mass is 365 g/mol. The summed E-state index contributed by atoms with van der Waals surface area (Å²) in [4.78, 5) is 16.3. The van der Waals surface area contributed by atoms with Gasteiger partial charge >= 0.3 is 5.97 Å². The molecule has 0 fully saturated rings. The van der Waals surface area contributed by atoms with E-state index in [1.165, 1.54) is 0 Å². The number of hydrogen-bond donors (Lipinski definition) is 0. The highest BCUT2D eigenvalue weighted by molar-refractivity contribution is 6.11. The van der Waals surface area contributed by atoms with Crippen molar-refractivity contribution in [2.24, 2.45) is 4.99 Å². The standard InChI is InChI=1S/C21H19NO5/c1-24-17-7-5-4-6-15(17)9-11-20-22-16(21(23)27-20)12-14-8-10-18(25-2)19(13-14)26-3/h4-13H,1-3H3/b11-9+,16-12-. The Morgan fingerprint density at radius 2 is 1.63 bits per heavy atom. The Morgan fingerprint density at radius 1 is 0.889 bits per heavy atom. The summed E-state index contributed by atoms with van der Waals surface area (Å²) in [6, 6.07) is 12.9. The molecule has 0 spiro atoms. The van der Waals surface area contributed by atoms with E-state index in [2.05, 4.69) is 4.99 Å². The highest BCUT2D eigenvalue weighted by atomic mass is 16.6. The van der Waals surface area contributed by atoms with Gasteiger partial charge in [-0.05, 0) is 35.9 Å². The van der Waals surface area contributed by atoms with Gasteiger partial charge in [-0.25, -0.2) is 9.79 Å². The maximum Gasteiger partial charge on any atom is 0.363 e. The fourth-order valence-corrected chi connectivity index (χ4v) is 2.56. The molecule has 0 radical (unpaired) electrons. The van der Waals surface area contributed by atoms with Crippen LogP contribution < -0.4 is 14.2 Å². The number of aliphatic imine (C=N–C) groups is 1.